The average Bonchev–Trinajstić information content (AvgIpc) is 2.77. The van der Waals surface area contributed by atoms with Crippen LogP contribution in [0.2, 0.25) is 0 Å². The Bertz CT molecular complexity index is 440. The summed E-state index contributed by atoms with van der Waals surface area (Å²) in [5.74, 6) is 0.0740. The molecule has 4 heteroatoms. The highest BCUT2D eigenvalue weighted by molar-refractivity contribution is 8.01. The van der Waals surface area contributed by atoms with E-state index in [0.29, 0.717) is 0 Å². The van der Waals surface area contributed by atoms with Gasteiger partial charge in [-0.3, -0.25) is 4.79 Å². The fourth-order valence-corrected chi connectivity index (χ4v) is 3.79. The molecule has 2 N–H and O–H groups in total. The summed E-state index contributed by atoms with van der Waals surface area (Å²) in [7, 11) is 0. The van der Waals surface area contributed by atoms with E-state index in [1.165, 1.54) is 10.5 Å². The van der Waals surface area contributed by atoms with Gasteiger partial charge in [0.1, 0.15) is 0 Å². The minimum Gasteiger partial charge on any atom is -0.394 e. The first-order valence-corrected chi connectivity index (χ1v) is 7.28. The van der Waals surface area contributed by atoms with Crippen molar-refractivity contribution in [3.05, 3.63) is 29.8 Å². The lowest BCUT2D eigenvalue weighted by Crippen LogP contribution is -2.57. The van der Waals surface area contributed by atoms with Crippen LogP contribution in [0.4, 0.5) is 0 Å². The SMILES string of the molecule is O=C(NC1(CO)CCC1)C1Cc2ccccc2S1. The molecule has 1 fully saturated rings. The van der Waals surface area contributed by atoms with E-state index in [1.54, 1.807) is 11.8 Å². The molecule has 1 amide bonds. The molecule has 0 spiro atoms. The van der Waals surface area contributed by atoms with Crippen molar-refractivity contribution >= 4 is 17.7 Å². The number of carbonyl (C=O) groups is 1. The van der Waals surface area contributed by atoms with Crippen LogP contribution in [0.1, 0.15) is 24.8 Å². The second-order valence-electron chi connectivity index (χ2n) is 5.20. The van der Waals surface area contributed by atoms with Crippen LogP contribution in [0.3, 0.4) is 0 Å². The first-order chi connectivity index (χ1) is 8.72. The maximum absolute atomic E-state index is 12.2. The van der Waals surface area contributed by atoms with Gasteiger partial charge in [0.2, 0.25) is 5.91 Å². The number of aliphatic hydroxyl groups excluding tert-OH is 1. The van der Waals surface area contributed by atoms with Gasteiger partial charge in [0.05, 0.1) is 17.4 Å². The molecule has 3 rings (SSSR count). The van der Waals surface area contributed by atoms with Crippen LogP contribution in [0, 0.1) is 0 Å². The molecule has 1 saturated carbocycles. The summed E-state index contributed by atoms with van der Waals surface area (Å²) in [6, 6.07) is 8.17. The van der Waals surface area contributed by atoms with E-state index in [4.69, 9.17) is 0 Å². The van der Waals surface area contributed by atoms with Gasteiger partial charge >= 0.3 is 0 Å². The third-order valence-corrected chi connectivity index (χ3v) is 5.26. The highest BCUT2D eigenvalue weighted by atomic mass is 32.2. The largest absolute Gasteiger partial charge is 0.394 e. The molecule has 0 bridgehead atoms. The predicted molar refractivity (Wildman–Crippen MR) is 71.6 cm³/mol. The molecule has 18 heavy (non-hydrogen) atoms. The smallest absolute Gasteiger partial charge is 0.234 e. The molecule has 96 valence electrons. The first-order valence-electron chi connectivity index (χ1n) is 6.40. The molecule has 0 saturated heterocycles. The minimum absolute atomic E-state index is 0.0357. The summed E-state index contributed by atoms with van der Waals surface area (Å²) in [6.07, 6.45) is 3.70. The van der Waals surface area contributed by atoms with Crippen molar-refractivity contribution in [3.63, 3.8) is 0 Å². The molecule has 1 aliphatic heterocycles. The number of aliphatic hydroxyl groups is 1. The molecule has 1 heterocycles. The van der Waals surface area contributed by atoms with Gasteiger partial charge in [-0.05, 0) is 37.3 Å². The Labute approximate surface area is 111 Å². The molecule has 1 aromatic carbocycles. The van der Waals surface area contributed by atoms with Crippen molar-refractivity contribution in [1.82, 2.24) is 5.32 Å². The lowest BCUT2D eigenvalue weighted by Gasteiger charge is -2.41. The second-order valence-corrected chi connectivity index (χ2v) is 6.44. The summed E-state index contributed by atoms with van der Waals surface area (Å²) in [5, 5.41) is 12.4. The molecule has 0 aromatic heterocycles. The third kappa shape index (κ3) is 2.04. The third-order valence-electron chi connectivity index (χ3n) is 3.94. The Hall–Kier alpha value is -1.00. The van der Waals surface area contributed by atoms with E-state index < -0.39 is 0 Å². The minimum atomic E-state index is -0.327. The maximum atomic E-state index is 12.2. The van der Waals surface area contributed by atoms with Gasteiger partial charge in [0.15, 0.2) is 0 Å². The molecule has 1 aromatic rings. The van der Waals surface area contributed by atoms with E-state index in [1.807, 2.05) is 12.1 Å². The number of benzene rings is 1. The summed E-state index contributed by atoms with van der Waals surface area (Å²) < 4.78 is 0. The number of rotatable bonds is 3. The van der Waals surface area contributed by atoms with E-state index in [0.717, 1.165) is 25.7 Å². The Morgan fingerprint density at radius 1 is 1.44 bits per heavy atom. The Morgan fingerprint density at radius 2 is 2.22 bits per heavy atom. The van der Waals surface area contributed by atoms with Gasteiger partial charge in [-0.1, -0.05) is 18.2 Å². The molecule has 1 unspecified atom stereocenters. The number of hydrogen-bond donors (Lipinski definition) is 2. The van der Waals surface area contributed by atoms with Crippen LogP contribution < -0.4 is 5.32 Å². The van der Waals surface area contributed by atoms with Gasteiger partial charge in [-0.25, -0.2) is 0 Å². The van der Waals surface area contributed by atoms with Gasteiger partial charge in [-0.15, -0.1) is 11.8 Å². The highest BCUT2D eigenvalue weighted by Crippen LogP contribution is 2.38. The normalized spacial score (nSPS) is 24.2. The standard InChI is InChI=1S/C14H17NO2S/c16-9-14(6-3-7-14)15-13(17)12-8-10-4-1-2-5-11(10)18-12/h1-2,4-5,12,16H,3,6-9H2,(H,15,17). The van der Waals surface area contributed by atoms with Gasteiger partial charge in [-0.2, -0.15) is 0 Å². The molecule has 1 aliphatic carbocycles. The van der Waals surface area contributed by atoms with Crippen LogP contribution >= 0.6 is 11.8 Å². The predicted octanol–water partition coefficient (Wildman–Crippen LogP) is 1.73. The van der Waals surface area contributed by atoms with Crippen LogP contribution in [0.25, 0.3) is 0 Å². The van der Waals surface area contributed by atoms with Gasteiger partial charge < -0.3 is 10.4 Å². The number of nitrogens with one attached hydrogen (secondary N) is 1. The fourth-order valence-electron chi connectivity index (χ4n) is 2.60. The molecule has 1 atom stereocenters. The van der Waals surface area contributed by atoms with Crippen molar-refractivity contribution in [1.29, 1.82) is 0 Å². The van der Waals surface area contributed by atoms with Crippen LogP contribution in [0.15, 0.2) is 29.2 Å². The second kappa shape index (κ2) is 4.59. The maximum Gasteiger partial charge on any atom is 0.234 e. The molecule has 3 nitrogen and oxygen atoms in total. The van der Waals surface area contributed by atoms with Crippen molar-refractivity contribution in [2.24, 2.45) is 0 Å². The zero-order chi connectivity index (χ0) is 12.6. The van der Waals surface area contributed by atoms with Crippen molar-refractivity contribution in [3.8, 4) is 0 Å². The van der Waals surface area contributed by atoms with E-state index in [9.17, 15) is 9.90 Å². The van der Waals surface area contributed by atoms with E-state index in [-0.39, 0.29) is 23.3 Å². The van der Waals surface area contributed by atoms with Gasteiger partial charge in [0, 0.05) is 4.90 Å². The summed E-state index contributed by atoms with van der Waals surface area (Å²) in [6.45, 7) is 0.0586. The van der Waals surface area contributed by atoms with Crippen LogP contribution in [-0.2, 0) is 11.2 Å². The number of amides is 1. The molecular formula is C14H17NO2S. The number of carbonyl (C=O) groups excluding carboxylic acids is 1. The first kappa shape index (κ1) is 12.1. The highest BCUT2D eigenvalue weighted by Gasteiger charge is 2.40. The Balaban J connectivity index is 1.66. The zero-order valence-electron chi connectivity index (χ0n) is 10.2. The summed E-state index contributed by atoms with van der Waals surface area (Å²) in [5.41, 5.74) is 0.932. The number of hydrogen-bond acceptors (Lipinski definition) is 3. The molecular weight excluding hydrogens is 246 g/mol. The quantitative estimate of drug-likeness (QED) is 0.873. The van der Waals surface area contributed by atoms with E-state index in [2.05, 4.69) is 17.4 Å². The summed E-state index contributed by atoms with van der Waals surface area (Å²) in [4.78, 5) is 13.5. The monoisotopic (exact) mass is 263 g/mol. The molecule has 2 aliphatic rings. The van der Waals surface area contributed by atoms with E-state index >= 15 is 0 Å². The fraction of sp³-hybridized carbons (Fsp3) is 0.500. The number of thioether (sulfide) groups is 1. The lowest BCUT2D eigenvalue weighted by atomic mass is 9.77. The van der Waals surface area contributed by atoms with Crippen molar-refractivity contribution in [2.75, 3.05) is 6.61 Å². The average molecular weight is 263 g/mol. The molecule has 0 radical (unpaired) electrons. The Kier molecular flexibility index (Phi) is 3.08. The Morgan fingerprint density at radius 3 is 2.83 bits per heavy atom. The summed E-state index contributed by atoms with van der Waals surface area (Å²) >= 11 is 1.64. The number of fused-ring (bicyclic) bond motifs is 1. The topological polar surface area (TPSA) is 49.3 Å². The van der Waals surface area contributed by atoms with Crippen LogP contribution in [-0.4, -0.2) is 28.4 Å². The lowest BCUT2D eigenvalue weighted by molar-refractivity contribution is -0.124. The van der Waals surface area contributed by atoms with Crippen LogP contribution in [0.5, 0.6) is 0 Å². The van der Waals surface area contributed by atoms with Crippen molar-refractivity contribution in [2.45, 2.75) is 41.4 Å². The zero-order valence-corrected chi connectivity index (χ0v) is 11.0. The van der Waals surface area contributed by atoms with Gasteiger partial charge in [0.25, 0.3) is 0 Å². The van der Waals surface area contributed by atoms with Crippen molar-refractivity contribution < 1.29 is 9.90 Å².